The molecule has 1 aromatic rings. The minimum atomic E-state index is -0.598. The van der Waals surface area contributed by atoms with Crippen molar-refractivity contribution in [1.82, 2.24) is 0 Å². The van der Waals surface area contributed by atoms with E-state index in [0.717, 1.165) is 36.7 Å². The lowest BCUT2D eigenvalue weighted by Crippen LogP contribution is -2.56. The molecule has 0 heterocycles. The number of allylic oxidation sites excluding steroid dienone is 4. The number of fused-ring (bicyclic) bond motifs is 4. The van der Waals surface area contributed by atoms with Crippen molar-refractivity contribution in [1.29, 1.82) is 0 Å². The highest BCUT2D eigenvalue weighted by atomic mass is 16.6. The summed E-state index contributed by atoms with van der Waals surface area (Å²) in [7, 11) is 0. The van der Waals surface area contributed by atoms with Crippen LogP contribution in [0.2, 0.25) is 0 Å². The third kappa shape index (κ3) is 7.36. The third-order valence-corrected chi connectivity index (χ3v) is 14.4. The monoisotopic (exact) mass is 673 g/mol. The second kappa shape index (κ2) is 14.0. The largest absolute Gasteiger partial charge is 0.462 e. The summed E-state index contributed by atoms with van der Waals surface area (Å²) in [6.07, 6.45) is 14.7. The van der Waals surface area contributed by atoms with Crippen LogP contribution in [-0.2, 0) is 25.5 Å². The van der Waals surface area contributed by atoms with Gasteiger partial charge in [0.2, 0.25) is 0 Å². The molecule has 5 rings (SSSR count). The molecule has 0 aliphatic heterocycles. The van der Waals surface area contributed by atoms with E-state index in [9.17, 15) is 9.59 Å². The van der Waals surface area contributed by atoms with Crippen LogP contribution in [0.4, 0.5) is 0 Å². The number of hydrogen-bond donors (Lipinski definition) is 0. The summed E-state index contributed by atoms with van der Waals surface area (Å²) in [6.45, 7) is 25.2. The normalized spacial score (nSPS) is 33.4. The minimum absolute atomic E-state index is 0.0292. The smallest absolute Gasteiger partial charge is 0.310 e. The predicted octanol–water partition coefficient (Wildman–Crippen LogP) is 11.6. The number of rotatable bonds is 10. The summed E-state index contributed by atoms with van der Waals surface area (Å²) < 4.78 is 12.2. The van der Waals surface area contributed by atoms with Gasteiger partial charge in [0, 0.05) is 5.41 Å². The minimum Gasteiger partial charge on any atom is -0.462 e. The van der Waals surface area contributed by atoms with Gasteiger partial charge < -0.3 is 9.47 Å². The molecule has 0 N–H and O–H groups in total. The lowest BCUT2D eigenvalue weighted by Gasteiger charge is -2.62. The van der Waals surface area contributed by atoms with Gasteiger partial charge in [0.15, 0.2) is 0 Å². The zero-order valence-electron chi connectivity index (χ0n) is 33.0. The summed E-state index contributed by atoms with van der Waals surface area (Å²) in [4.78, 5) is 27.0. The summed E-state index contributed by atoms with van der Waals surface area (Å²) in [5.74, 6) is 0.820. The van der Waals surface area contributed by atoms with E-state index in [1.165, 1.54) is 50.5 Å². The van der Waals surface area contributed by atoms with Gasteiger partial charge in [-0.1, -0.05) is 94.7 Å². The zero-order valence-corrected chi connectivity index (χ0v) is 33.0. The highest BCUT2D eigenvalue weighted by Crippen LogP contribution is 2.72. The van der Waals surface area contributed by atoms with Crippen LogP contribution in [-0.4, -0.2) is 23.6 Å². The maximum absolute atomic E-state index is 14.0. The number of carbonyl (C=O) groups is 2. The maximum Gasteiger partial charge on any atom is 0.310 e. The Balaban J connectivity index is 1.34. The first-order valence-electron chi connectivity index (χ1n) is 19.6. The van der Waals surface area contributed by atoms with Gasteiger partial charge in [-0.2, -0.15) is 0 Å². The van der Waals surface area contributed by atoms with Crippen LogP contribution in [0.25, 0.3) is 0 Å². The van der Waals surface area contributed by atoms with E-state index in [-0.39, 0.29) is 40.7 Å². The van der Waals surface area contributed by atoms with Crippen LogP contribution >= 0.6 is 0 Å². The van der Waals surface area contributed by atoms with Gasteiger partial charge in [-0.15, -0.1) is 0 Å². The molecule has 2 fully saturated rings. The first-order chi connectivity index (χ1) is 22.8. The van der Waals surface area contributed by atoms with E-state index in [4.69, 9.17) is 9.47 Å². The van der Waals surface area contributed by atoms with E-state index < -0.39 is 11.5 Å². The van der Waals surface area contributed by atoms with Gasteiger partial charge in [0.05, 0.1) is 12.3 Å². The highest BCUT2D eigenvalue weighted by Gasteiger charge is 2.63. The van der Waals surface area contributed by atoms with Crippen molar-refractivity contribution in [2.24, 2.45) is 45.3 Å². The molecule has 8 atom stereocenters. The number of ether oxygens (including phenoxy) is 2. The molecule has 0 radical (unpaired) electrons. The molecule has 0 spiro atoms. The molecule has 1 aromatic carbocycles. The Kier molecular flexibility index (Phi) is 10.8. The van der Waals surface area contributed by atoms with Crippen LogP contribution in [0.5, 0.6) is 0 Å². The molecule has 4 aliphatic carbocycles. The average Bonchev–Trinajstić information content (AvgIpc) is 3.28. The van der Waals surface area contributed by atoms with Crippen LogP contribution < -0.4 is 0 Å². The van der Waals surface area contributed by atoms with Crippen molar-refractivity contribution < 1.29 is 19.1 Å². The Morgan fingerprint density at radius 2 is 1.61 bits per heavy atom. The molecule has 0 aromatic heterocycles. The van der Waals surface area contributed by atoms with Crippen LogP contribution in [0.3, 0.4) is 0 Å². The van der Waals surface area contributed by atoms with Crippen molar-refractivity contribution in [2.45, 2.75) is 165 Å². The average molecular weight is 673 g/mol. The van der Waals surface area contributed by atoms with Gasteiger partial charge in [0.1, 0.15) is 11.7 Å². The molecular weight excluding hydrogens is 604 g/mol. The second-order valence-electron chi connectivity index (χ2n) is 19.2. The Labute approximate surface area is 299 Å². The van der Waals surface area contributed by atoms with E-state index in [0.29, 0.717) is 17.8 Å². The SMILES string of the molecule is CC(C)=CCC[C@@H](C)[C@H]1CC[C@@]2(C)C3=C(CC[C@]12C)[C@@]1(C)CC[C@H](OC(=O)[C@@H](CC(=O)OC(C)(C)C)Cc2ccccc2)C(C)(C)C1CC3. The maximum atomic E-state index is 14.0. The molecular formula is C45H68O4. The van der Waals surface area contributed by atoms with Gasteiger partial charge in [-0.25, -0.2) is 0 Å². The first kappa shape index (κ1) is 37.9. The molecule has 1 unspecified atom stereocenters. The molecule has 0 bridgehead atoms. The Morgan fingerprint density at radius 1 is 0.918 bits per heavy atom. The second-order valence-corrected chi connectivity index (χ2v) is 19.2. The predicted molar refractivity (Wildman–Crippen MR) is 201 cm³/mol. The van der Waals surface area contributed by atoms with E-state index in [1.807, 2.05) is 56.7 Å². The molecule has 4 nitrogen and oxygen atoms in total. The fourth-order valence-electron chi connectivity index (χ4n) is 11.6. The lowest BCUT2D eigenvalue weighted by atomic mass is 9.43. The van der Waals surface area contributed by atoms with Crippen molar-refractivity contribution in [3.63, 3.8) is 0 Å². The molecule has 49 heavy (non-hydrogen) atoms. The fourth-order valence-corrected chi connectivity index (χ4v) is 11.6. The van der Waals surface area contributed by atoms with Crippen LogP contribution in [0.15, 0.2) is 53.1 Å². The zero-order chi connectivity index (χ0) is 36.0. The molecule has 0 saturated heterocycles. The quantitative estimate of drug-likeness (QED) is 0.183. The Morgan fingerprint density at radius 3 is 2.27 bits per heavy atom. The number of carbonyl (C=O) groups excluding carboxylic acids is 2. The van der Waals surface area contributed by atoms with Gasteiger partial charge in [0.25, 0.3) is 0 Å². The van der Waals surface area contributed by atoms with Crippen molar-refractivity contribution in [3.05, 3.63) is 58.7 Å². The first-order valence-corrected chi connectivity index (χ1v) is 19.6. The van der Waals surface area contributed by atoms with Gasteiger partial charge in [-0.3, -0.25) is 9.59 Å². The van der Waals surface area contributed by atoms with Gasteiger partial charge >= 0.3 is 11.9 Å². The molecule has 2 saturated carbocycles. The van der Waals surface area contributed by atoms with Crippen LogP contribution in [0.1, 0.15) is 152 Å². The molecule has 0 amide bonds. The summed E-state index contributed by atoms with van der Waals surface area (Å²) >= 11 is 0. The fraction of sp³-hybridized carbons (Fsp3) is 0.733. The Bertz CT molecular complexity index is 1420. The number of esters is 2. The molecule has 272 valence electrons. The van der Waals surface area contributed by atoms with E-state index in [2.05, 4.69) is 61.5 Å². The summed E-state index contributed by atoms with van der Waals surface area (Å²) in [5, 5.41) is 0. The lowest BCUT2D eigenvalue weighted by molar-refractivity contribution is -0.177. The summed E-state index contributed by atoms with van der Waals surface area (Å²) in [6, 6.07) is 9.98. The Hall–Kier alpha value is -2.36. The topological polar surface area (TPSA) is 52.6 Å². The van der Waals surface area contributed by atoms with Gasteiger partial charge in [-0.05, 0) is 145 Å². The van der Waals surface area contributed by atoms with E-state index in [1.54, 1.807) is 5.57 Å². The van der Waals surface area contributed by atoms with Crippen molar-refractivity contribution >= 4 is 11.9 Å². The molecule has 4 aliphatic rings. The van der Waals surface area contributed by atoms with Crippen molar-refractivity contribution in [2.75, 3.05) is 0 Å². The third-order valence-electron chi connectivity index (χ3n) is 14.4. The number of hydrogen-bond acceptors (Lipinski definition) is 4. The van der Waals surface area contributed by atoms with E-state index >= 15 is 0 Å². The van der Waals surface area contributed by atoms with Crippen molar-refractivity contribution in [3.8, 4) is 0 Å². The van der Waals surface area contributed by atoms with Crippen LogP contribution in [0, 0.1) is 45.3 Å². The summed E-state index contributed by atoms with van der Waals surface area (Å²) in [5.41, 5.74) is 6.07. The molecule has 4 heteroatoms. The highest BCUT2D eigenvalue weighted by molar-refractivity contribution is 5.80. The number of benzene rings is 1. The standard InChI is InChI=1S/C45H68O4/c1-30(2)16-15-17-31(3)34-22-26-45(11)36-20-21-37-42(7,8)38(24-25-43(37,9)35(36)23-27-44(34,45)10)48-40(47)33(28-32-18-13-12-14-19-32)29-39(46)49-41(4,5)6/h12-14,16,18-19,31,33-34,37-38H,15,17,20-29H2,1-11H3/t31-,33-,34-,37?,38+,43-,44-,45+/m1/s1.